The fraction of sp³-hybridized carbons (Fsp3) is 0.333. The SMILES string of the molecule is C[C@@H](O)C(CO)OC(Sc1ccc(Cl)cc1Cl)[C@@H](O)Cn1cc(-c2cc(F)c(F)c(F)c2)nn1. The predicted octanol–water partition coefficient (Wildman–Crippen LogP) is 3.91. The van der Waals surface area contributed by atoms with Crippen LogP contribution in [-0.2, 0) is 11.3 Å². The standard InChI is InChI=1S/C21H20Cl2F3N3O4S/c1-10(31)18(9-30)33-21(34-19-3-2-12(22)6-13(19)23)17(32)8-29-7-16(27-28-29)11-4-14(24)20(26)15(25)5-11/h2-7,10,17-18,21,30-32H,8-9H2,1H3/t10-,17+,18?,21?/m1/s1. The maximum atomic E-state index is 13.5. The van der Waals surface area contributed by atoms with Crippen LogP contribution in [0.2, 0.25) is 10.0 Å². The smallest absolute Gasteiger partial charge is 0.194 e. The van der Waals surface area contributed by atoms with E-state index in [0.717, 1.165) is 23.9 Å². The third-order valence-electron chi connectivity index (χ3n) is 4.67. The minimum atomic E-state index is -1.60. The van der Waals surface area contributed by atoms with E-state index in [-0.39, 0.29) is 17.8 Å². The minimum Gasteiger partial charge on any atom is -0.394 e. The lowest BCUT2D eigenvalue weighted by Gasteiger charge is -2.28. The molecule has 0 aliphatic carbocycles. The number of aliphatic hydroxyl groups is 3. The van der Waals surface area contributed by atoms with Gasteiger partial charge >= 0.3 is 0 Å². The van der Waals surface area contributed by atoms with E-state index in [1.165, 1.54) is 23.9 Å². The number of ether oxygens (including phenoxy) is 1. The molecule has 0 fully saturated rings. The topological polar surface area (TPSA) is 101 Å². The van der Waals surface area contributed by atoms with Gasteiger partial charge in [0, 0.05) is 15.5 Å². The van der Waals surface area contributed by atoms with Gasteiger partial charge < -0.3 is 20.1 Å². The first-order valence-electron chi connectivity index (χ1n) is 9.88. The van der Waals surface area contributed by atoms with E-state index in [1.54, 1.807) is 12.1 Å². The molecule has 3 N–H and O–H groups in total. The second kappa shape index (κ2) is 11.7. The van der Waals surface area contributed by atoms with Gasteiger partial charge in [-0.05, 0) is 37.3 Å². The lowest BCUT2D eigenvalue weighted by Crippen LogP contribution is -2.39. The Bertz CT molecular complexity index is 1120. The zero-order valence-corrected chi connectivity index (χ0v) is 19.9. The molecule has 34 heavy (non-hydrogen) atoms. The van der Waals surface area contributed by atoms with Gasteiger partial charge in [0.15, 0.2) is 17.5 Å². The van der Waals surface area contributed by atoms with Crippen molar-refractivity contribution in [2.75, 3.05) is 6.61 Å². The lowest BCUT2D eigenvalue weighted by atomic mass is 10.1. The minimum absolute atomic E-state index is 0.0401. The number of thioether (sulfide) groups is 1. The summed E-state index contributed by atoms with van der Waals surface area (Å²) in [5.74, 6) is -4.34. The zero-order valence-electron chi connectivity index (χ0n) is 17.6. The highest BCUT2D eigenvalue weighted by Gasteiger charge is 2.29. The van der Waals surface area contributed by atoms with E-state index in [4.69, 9.17) is 27.9 Å². The molecule has 3 rings (SSSR count). The van der Waals surface area contributed by atoms with Crippen LogP contribution < -0.4 is 0 Å². The Morgan fingerprint density at radius 3 is 2.38 bits per heavy atom. The third kappa shape index (κ3) is 6.63. The maximum Gasteiger partial charge on any atom is 0.194 e. The maximum absolute atomic E-state index is 13.5. The van der Waals surface area contributed by atoms with Crippen molar-refractivity contribution < 1.29 is 33.2 Å². The summed E-state index contributed by atoms with van der Waals surface area (Å²) >= 11 is 13.2. The summed E-state index contributed by atoms with van der Waals surface area (Å²) in [5.41, 5.74) is -1.02. The van der Waals surface area contributed by atoms with Crippen LogP contribution in [0.3, 0.4) is 0 Å². The van der Waals surface area contributed by atoms with Gasteiger partial charge in [0.2, 0.25) is 0 Å². The molecule has 0 saturated heterocycles. The number of hydrogen-bond donors (Lipinski definition) is 3. The first-order chi connectivity index (χ1) is 16.1. The van der Waals surface area contributed by atoms with E-state index in [1.807, 2.05) is 0 Å². The van der Waals surface area contributed by atoms with Gasteiger partial charge in [-0.25, -0.2) is 17.9 Å². The summed E-state index contributed by atoms with van der Waals surface area (Å²) in [7, 11) is 0. The highest BCUT2D eigenvalue weighted by molar-refractivity contribution is 8.00. The summed E-state index contributed by atoms with van der Waals surface area (Å²) in [5, 5.41) is 38.6. The number of aliphatic hydroxyl groups excluding tert-OH is 3. The molecule has 3 aromatic rings. The Morgan fingerprint density at radius 2 is 1.79 bits per heavy atom. The van der Waals surface area contributed by atoms with Crippen LogP contribution in [0.1, 0.15) is 6.92 Å². The third-order valence-corrected chi connectivity index (χ3v) is 6.60. The molecule has 0 radical (unpaired) electrons. The van der Waals surface area contributed by atoms with Crippen molar-refractivity contribution in [3.63, 3.8) is 0 Å². The van der Waals surface area contributed by atoms with Crippen molar-refractivity contribution >= 4 is 35.0 Å². The van der Waals surface area contributed by atoms with E-state index < -0.39 is 47.8 Å². The molecule has 1 aromatic heterocycles. The normalized spacial score (nSPS) is 15.2. The molecule has 4 atom stereocenters. The molecule has 1 heterocycles. The van der Waals surface area contributed by atoms with Crippen molar-refractivity contribution in [1.82, 2.24) is 15.0 Å². The van der Waals surface area contributed by atoms with Crippen LogP contribution in [-0.4, -0.2) is 60.7 Å². The van der Waals surface area contributed by atoms with Gasteiger partial charge in [-0.1, -0.05) is 40.2 Å². The first kappa shape index (κ1) is 26.7. The van der Waals surface area contributed by atoms with Crippen LogP contribution in [0, 0.1) is 17.5 Å². The lowest BCUT2D eigenvalue weighted by molar-refractivity contribution is -0.0972. The van der Waals surface area contributed by atoms with Gasteiger partial charge in [-0.2, -0.15) is 0 Å². The van der Waals surface area contributed by atoms with Crippen LogP contribution >= 0.6 is 35.0 Å². The monoisotopic (exact) mass is 537 g/mol. The van der Waals surface area contributed by atoms with Crippen molar-refractivity contribution in [3.8, 4) is 11.3 Å². The predicted molar refractivity (Wildman–Crippen MR) is 121 cm³/mol. The molecular weight excluding hydrogens is 518 g/mol. The quantitative estimate of drug-likeness (QED) is 0.205. The average molecular weight is 538 g/mol. The van der Waals surface area contributed by atoms with Gasteiger partial charge in [0.1, 0.15) is 23.3 Å². The van der Waals surface area contributed by atoms with E-state index >= 15 is 0 Å². The van der Waals surface area contributed by atoms with Gasteiger partial charge in [-0.3, -0.25) is 0 Å². The molecule has 2 aromatic carbocycles. The highest BCUT2D eigenvalue weighted by Crippen LogP contribution is 2.35. The molecule has 7 nitrogen and oxygen atoms in total. The molecule has 0 aliphatic rings. The molecule has 0 bridgehead atoms. The Morgan fingerprint density at radius 1 is 1.12 bits per heavy atom. The second-order valence-corrected chi connectivity index (χ2v) is 9.29. The fourth-order valence-electron chi connectivity index (χ4n) is 2.88. The first-order valence-corrected chi connectivity index (χ1v) is 11.5. The van der Waals surface area contributed by atoms with E-state index in [0.29, 0.717) is 14.9 Å². The molecule has 0 amide bonds. The molecule has 184 valence electrons. The molecule has 2 unspecified atom stereocenters. The van der Waals surface area contributed by atoms with Crippen molar-refractivity contribution in [2.24, 2.45) is 0 Å². The summed E-state index contributed by atoms with van der Waals surface area (Å²) < 4.78 is 47.3. The Kier molecular flexibility index (Phi) is 9.21. The molecular formula is C21H20Cl2F3N3O4S. The van der Waals surface area contributed by atoms with Crippen molar-refractivity contribution in [1.29, 1.82) is 0 Å². The molecule has 0 spiro atoms. The fourth-order valence-corrected chi connectivity index (χ4v) is 4.43. The van der Waals surface area contributed by atoms with Crippen LogP contribution in [0.4, 0.5) is 13.2 Å². The number of benzene rings is 2. The van der Waals surface area contributed by atoms with E-state index in [9.17, 15) is 28.5 Å². The molecule has 0 aliphatic heterocycles. The Labute approximate surface area is 207 Å². The Hall–Kier alpha value is -1.86. The Balaban J connectivity index is 1.81. The molecule has 13 heteroatoms. The number of aromatic nitrogens is 3. The van der Waals surface area contributed by atoms with Gasteiger partial charge in [-0.15, -0.1) is 5.10 Å². The van der Waals surface area contributed by atoms with Crippen LogP contribution in [0.5, 0.6) is 0 Å². The largest absolute Gasteiger partial charge is 0.394 e. The second-order valence-electron chi connectivity index (χ2n) is 7.31. The van der Waals surface area contributed by atoms with Gasteiger partial charge in [0.25, 0.3) is 0 Å². The number of rotatable bonds is 10. The summed E-state index contributed by atoms with van der Waals surface area (Å²) in [6, 6.07) is 6.30. The number of halogens is 5. The average Bonchev–Trinajstić information content (AvgIpc) is 3.24. The van der Waals surface area contributed by atoms with Crippen molar-refractivity contribution in [2.45, 2.75) is 42.1 Å². The number of hydrogen-bond acceptors (Lipinski definition) is 7. The zero-order chi connectivity index (χ0) is 25.0. The van der Waals surface area contributed by atoms with Crippen LogP contribution in [0.15, 0.2) is 41.4 Å². The van der Waals surface area contributed by atoms with Crippen LogP contribution in [0.25, 0.3) is 11.3 Å². The summed E-state index contributed by atoms with van der Waals surface area (Å²) in [4.78, 5) is 0.522. The summed E-state index contributed by atoms with van der Waals surface area (Å²) in [6.45, 7) is 0.736. The van der Waals surface area contributed by atoms with E-state index in [2.05, 4.69) is 10.3 Å². The van der Waals surface area contributed by atoms with Crippen molar-refractivity contribution in [3.05, 3.63) is 64.0 Å². The highest BCUT2D eigenvalue weighted by atomic mass is 35.5. The molecule has 0 saturated carbocycles. The number of nitrogens with zero attached hydrogens (tertiary/aromatic N) is 3. The van der Waals surface area contributed by atoms with Gasteiger partial charge in [0.05, 0.1) is 30.5 Å². The summed E-state index contributed by atoms with van der Waals surface area (Å²) in [6.07, 6.45) is -2.00.